The van der Waals surface area contributed by atoms with Crippen LogP contribution in [0.25, 0.3) is 10.9 Å². The fraction of sp³-hybridized carbons (Fsp3) is 0.292. The molecule has 2 aromatic carbocycles. The highest BCUT2D eigenvalue weighted by Crippen LogP contribution is 2.41. The van der Waals surface area contributed by atoms with Gasteiger partial charge in [-0.3, -0.25) is 9.79 Å². The number of fused-ring (bicyclic) bond motifs is 1. The number of benzene rings is 2. The second kappa shape index (κ2) is 9.00. The molecule has 35 heavy (non-hydrogen) atoms. The Morgan fingerprint density at radius 2 is 2.06 bits per heavy atom. The molecule has 4 rings (SSSR count). The van der Waals surface area contributed by atoms with E-state index in [1.54, 1.807) is 26.0 Å². The fourth-order valence-electron chi connectivity index (χ4n) is 4.28. The number of primary amides is 1. The molecule has 1 saturated carbocycles. The van der Waals surface area contributed by atoms with E-state index in [4.69, 9.17) is 21.9 Å². The molecule has 0 bridgehead atoms. The molecule has 1 aliphatic rings. The van der Waals surface area contributed by atoms with Gasteiger partial charge in [0, 0.05) is 69.5 Å². The Balaban J connectivity index is 1.89. The molecule has 1 aliphatic carbocycles. The third kappa shape index (κ3) is 4.62. The topological polar surface area (TPSA) is 133 Å². The van der Waals surface area contributed by atoms with Crippen LogP contribution in [0.15, 0.2) is 29.3 Å². The van der Waals surface area contributed by atoms with Crippen molar-refractivity contribution in [3.05, 3.63) is 46.9 Å². The first-order chi connectivity index (χ1) is 16.4. The normalized spacial score (nSPS) is 16.7. The first-order valence-electron chi connectivity index (χ1n) is 10.9. The Bertz CT molecular complexity index is 1380. The fourth-order valence-corrected chi connectivity index (χ4v) is 4.53. The molecule has 1 amide bonds. The molecule has 2 atom stereocenters. The number of aromatic amines is 1. The summed E-state index contributed by atoms with van der Waals surface area (Å²) in [5.74, 6) is -4.54. The van der Waals surface area contributed by atoms with Crippen LogP contribution in [0, 0.1) is 11.2 Å². The van der Waals surface area contributed by atoms with E-state index >= 15 is 0 Å². The Morgan fingerprint density at radius 1 is 1.37 bits per heavy atom. The second-order valence-corrected chi connectivity index (χ2v) is 9.49. The number of nitrogens with two attached hydrogens (primary N) is 2. The van der Waals surface area contributed by atoms with Crippen LogP contribution < -0.4 is 22.1 Å². The summed E-state index contributed by atoms with van der Waals surface area (Å²) in [6.45, 7) is 3.28. The monoisotopic (exact) mass is 502 g/mol. The predicted octanol–water partition coefficient (Wildman–Crippen LogP) is 4.33. The molecule has 1 fully saturated rings. The van der Waals surface area contributed by atoms with Gasteiger partial charge in [0.25, 0.3) is 5.92 Å². The van der Waals surface area contributed by atoms with E-state index in [1.807, 2.05) is 0 Å². The minimum Gasteiger partial charge on any atom is -0.398 e. The lowest BCUT2D eigenvalue weighted by Crippen LogP contribution is -2.44. The number of aromatic nitrogens is 1. The maximum Gasteiger partial charge on any atom is 0.252 e. The number of H-pyrrole nitrogens is 1. The molecule has 0 aliphatic heterocycles. The number of nitrogens with one attached hydrogen (secondary N) is 3. The van der Waals surface area contributed by atoms with Gasteiger partial charge in [-0.15, -0.1) is 9.24 Å². The standard InChI is InChI=1S/C24H26F3N6OP/c1-10(23(30)34)21-22(20-14(9-28)16(29)3-4-17(20)33-21)31-11(2)13-5-15(25)19(35)6-18(13)32-12-7-24(26,27)8-12/h3-6,9-10,12,28,32-33H,7-8,29,35H2,1-2H3,(H2,30,34). The highest BCUT2D eigenvalue weighted by atomic mass is 31.0. The summed E-state index contributed by atoms with van der Waals surface area (Å²) in [6.07, 6.45) is 0.485. The summed E-state index contributed by atoms with van der Waals surface area (Å²) < 4.78 is 41.3. The van der Waals surface area contributed by atoms with Crippen LogP contribution in [0.3, 0.4) is 0 Å². The largest absolute Gasteiger partial charge is 0.398 e. The number of hydrogen-bond acceptors (Lipinski definition) is 5. The number of rotatable bonds is 7. The second-order valence-electron chi connectivity index (χ2n) is 8.87. The molecular formula is C24H26F3N6OP. The van der Waals surface area contributed by atoms with Crippen molar-refractivity contribution >= 4 is 60.3 Å². The molecule has 11 heteroatoms. The first-order valence-corrected chi connectivity index (χ1v) is 11.5. The van der Waals surface area contributed by atoms with Gasteiger partial charge in [-0.05, 0) is 38.1 Å². The van der Waals surface area contributed by atoms with Gasteiger partial charge in [-0.1, -0.05) is 0 Å². The number of halogens is 3. The van der Waals surface area contributed by atoms with Gasteiger partial charge >= 0.3 is 0 Å². The average Bonchev–Trinajstić information content (AvgIpc) is 3.12. The lowest BCUT2D eigenvalue weighted by Gasteiger charge is -2.36. The van der Waals surface area contributed by atoms with Gasteiger partial charge in [-0.2, -0.15) is 0 Å². The van der Waals surface area contributed by atoms with Crippen molar-refractivity contribution in [2.45, 2.75) is 44.6 Å². The Hall–Kier alpha value is -3.39. The Kier molecular flexibility index (Phi) is 6.36. The Labute approximate surface area is 202 Å². The maximum atomic E-state index is 14.6. The van der Waals surface area contributed by atoms with Crippen LogP contribution in [0.4, 0.5) is 30.2 Å². The molecule has 3 aromatic rings. The van der Waals surface area contributed by atoms with Gasteiger partial charge in [-0.25, -0.2) is 13.2 Å². The number of alkyl halides is 2. The van der Waals surface area contributed by atoms with E-state index in [0.29, 0.717) is 50.5 Å². The third-order valence-corrected chi connectivity index (χ3v) is 6.74. The number of nitrogen functional groups attached to an aromatic ring is 1. The molecule has 184 valence electrons. The van der Waals surface area contributed by atoms with Crippen molar-refractivity contribution in [1.29, 1.82) is 5.41 Å². The highest BCUT2D eigenvalue weighted by Gasteiger charge is 2.45. The van der Waals surface area contributed by atoms with Crippen LogP contribution >= 0.6 is 9.24 Å². The Morgan fingerprint density at radius 3 is 2.66 bits per heavy atom. The van der Waals surface area contributed by atoms with Crippen LogP contribution in [-0.4, -0.2) is 34.8 Å². The van der Waals surface area contributed by atoms with Crippen molar-refractivity contribution in [2.24, 2.45) is 10.7 Å². The predicted molar refractivity (Wildman–Crippen MR) is 137 cm³/mol. The van der Waals surface area contributed by atoms with Crippen molar-refractivity contribution in [3.63, 3.8) is 0 Å². The quantitative estimate of drug-likeness (QED) is 0.187. The lowest BCUT2D eigenvalue weighted by molar-refractivity contribution is -0.119. The molecular weight excluding hydrogens is 476 g/mol. The molecule has 1 heterocycles. The van der Waals surface area contributed by atoms with Gasteiger partial charge in [0.05, 0.1) is 17.3 Å². The summed E-state index contributed by atoms with van der Waals surface area (Å²) in [5, 5.41) is 11.7. The molecule has 0 radical (unpaired) electrons. The van der Waals surface area contributed by atoms with Gasteiger partial charge < -0.3 is 27.2 Å². The number of aliphatic imine (C=N–C) groups is 1. The van der Waals surface area contributed by atoms with E-state index in [1.165, 1.54) is 12.1 Å². The van der Waals surface area contributed by atoms with Crippen LogP contribution in [0.2, 0.25) is 0 Å². The van der Waals surface area contributed by atoms with Crippen molar-refractivity contribution < 1.29 is 18.0 Å². The van der Waals surface area contributed by atoms with E-state index in [2.05, 4.69) is 19.5 Å². The number of carbonyl (C=O) groups excluding carboxylic acids is 1. The zero-order valence-electron chi connectivity index (χ0n) is 19.2. The zero-order chi connectivity index (χ0) is 25.7. The summed E-state index contributed by atoms with van der Waals surface area (Å²) in [4.78, 5) is 19.9. The number of hydrogen-bond donors (Lipinski definition) is 5. The smallest absolute Gasteiger partial charge is 0.252 e. The van der Waals surface area contributed by atoms with E-state index in [-0.39, 0.29) is 18.1 Å². The van der Waals surface area contributed by atoms with E-state index < -0.39 is 29.6 Å². The summed E-state index contributed by atoms with van der Waals surface area (Å²) >= 11 is 0. The molecule has 0 spiro atoms. The van der Waals surface area contributed by atoms with E-state index in [9.17, 15) is 18.0 Å². The lowest BCUT2D eigenvalue weighted by atomic mass is 9.87. The van der Waals surface area contributed by atoms with Crippen LogP contribution in [0.5, 0.6) is 0 Å². The number of amides is 1. The third-order valence-electron chi connectivity index (χ3n) is 6.30. The number of nitrogens with zero attached hydrogens (tertiary/aromatic N) is 1. The van der Waals surface area contributed by atoms with Gasteiger partial charge in [0.1, 0.15) is 5.82 Å². The summed E-state index contributed by atoms with van der Waals surface area (Å²) in [5.41, 5.74) is 15.0. The van der Waals surface area contributed by atoms with Crippen LogP contribution in [-0.2, 0) is 4.79 Å². The van der Waals surface area contributed by atoms with Crippen molar-refractivity contribution in [2.75, 3.05) is 11.1 Å². The van der Waals surface area contributed by atoms with E-state index in [0.717, 1.165) is 6.21 Å². The van der Waals surface area contributed by atoms with Crippen molar-refractivity contribution in [3.8, 4) is 0 Å². The van der Waals surface area contributed by atoms with Crippen molar-refractivity contribution in [1.82, 2.24) is 4.98 Å². The van der Waals surface area contributed by atoms with Gasteiger partial charge in [0.15, 0.2) is 0 Å². The first kappa shape index (κ1) is 24.7. The SMILES string of the molecule is CC(=Nc1c(C(C)C(N)=O)[nH]c2ccc(N)c(C=N)c12)c1cc(F)c(P)cc1NC1CC(F)(F)C1. The highest BCUT2D eigenvalue weighted by molar-refractivity contribution is 7.27. The summed E-state index contributed by atoms with van der Waals surface area (Å²) in [6, 6.07) is 5.73. The maximum absolute atomic E-state index is 14.6. The molecule has 1 aromatic heterocycles. The zero-order valence-corrected chi connectivity index (χ0v) is 20.3. The average molecular weight is 502 g/mol. The number of carbonyl (C=O) groups is 1. The molecule has 0 saturated heterocycles. The number of anilines is 2. The molecule has 2 unspecified atom stereocenters. The van der Waals surface area contributed by atoms with Gasteiger partial charge in [0.2, 0.25) is 5.91 Å². The molecule has 7 N–H and O–H groups in total. The van der Waals surface area contributed by atoms with Crippen LogP contribution in [0.1, 0.15) is 49.4 Å². The summed E-state index contributed by atoms with van der Waals surface area (Å²) in [7, 11) is 2.29. The molecule has 7 nitrogen and oxygen atoms in total. The minimum atomic E-state index is -2.71. The minimum absolute atomic E-state index is 0.282.